The summed E-state index contributed by atoms with van der Waals surface area (Å²) in [6.07, 6.45) is 0. The third-order valence-electron chi connectivity index (χ3n) is 3.11. The molecule has 18 heavy (non-hydrogen) atoms. The predicted octanol–water partition coefficient (Wildman–Crippen LogP) is 2.45. The maximum absolute atomic E-state index is 12.2. The fraction of sp³-hybridized carbons (Fsp3) is 0.500. The molecule has 1 amide bonds. The number of carbonyl (C=O) groups is 1. The van der Waals surface area contributed by atoms with Crippen LogP contribution in [0.2, 0.25) is 0 Å². The van der Waals surface area contributed by atoms with Crippen molar-refractivity contribution in [2.24, 2.45) is 0 Å². The molecule has 1 aromatic rings. The highest BCUT2D eigenvalue weighted by Crippen LogP contribution is 2.31. The fourth-order valence-corrected chi connectivity index (χ4v) is 2.87. The van der Waals surface area contributed by atoms with E-state index in [1.807, 2.05) is 36.0 Å². The van der Waals surface area contributed by atoms with E-state index in [1.54, 1.807) is 0 Å². The number of hydrogen-bond acceptors (Lipinski definition) is 3. The molecule has 2 unspecified atom stereocenters. The van der Waals surface area contributed by atoms with Crippen LogP contribution >= 0.6 is 11.8 Å². The number of hydrogen-bond donors (Lipinski definition) is 2. The molecule has 98 valence electrons. The quantitative estimate of drug-likeness (QED) is 0.858. The van der Waals surface area contributed by atoms with Crippen molar-refractivity contribution in [3.05, 3.63) is 29.8 Å². The first-order valence-electron chi connectivity index (χ1n) is 6.43. The predicted molar refractivity (Wildman–Crippen MR) is 78.3 cm³/mol. The van der Waals surface area contributed by atoms with Gasteiger partial charge in [-0.05, 0) is 24.3 Å². The van der Waals surface area contributed by atoms with E-state index in [4.69, 9.17) is 0 Å². The van der Waals surface area contributed by atoms with Crippen LogP contribution in [-0.2, 0) is 4.79 Å². The summed E-state index contributed by atoms with van der Waals surface area (Å²) in [4.78, 5) is 12.2. The van der Waals surface area contributed by atoms with E-state index in [-0.39, 0.29) is 17.9 Å². The van der Waals surface area contributed by atoms with Gasteiger partial charge < -0.3 is 10.6 Å². The van der Waals surface area contributed by atoms with Crippen LogP contribution in [0.5, 0.6) is 0 Å². The van der Waals surface area contributed by atoms with Gasteiger partial charge in [-0.3, -0.25) is 4.79 Å². The van der Waals surface area contributed by atoms with Gasteiger partial charge in [-0.25, -0.2) is 0 Å². The number of para-hydroxylation sites is 1. The van der Waals surface area contributed by atoms with E-state index in [0.29, 0.717) is 6.54 Å². The molecule has 0 fully saturated rings. The highest BCUT2D eigenvalue weighted by Gasteiger charge is 2.28. The minimum Gasteiger partial charge on any atom is -0.384 e. The van der Waals surface area contributed by atoms with Crippen LogP contribution in [0.4, 0.5) is 5.69 Å². The van der Waals surface area contributed by atoms with Crippen molar-refractivity contribution >= 4 is 23.4 Å². The van der Waals surface area contributed by atoms with Gasteiger partial charge in [-0.1, -0.05) is 25.1 Å². The van der Waals surface area contributed by atoms with Crippen LogP contribution in [0.25, 0.3) is 0 Å². The minimum atomic E-state index is -0.0460. The normalized spacial score (nSPS) is 18.9. The van der Waals surface area contributed by atoms with E-state index < -0.39 is 0 Å². The van der Waals surface area contributed by atoms with Crippen molar-refractivity contribution in [2.45, 2.75) is 25.8 Å². The third-order valence-corrected chi connectivity index (χ3v) is 4.25. The molecule has 4 heteroatoms. The smallest absolute Gasteiger partial charge is 0.229 e. The average molecular weight is 264 g/mol. The summed E-state index contributed by atoms with van der Waals surface area (Å²) in [6.45, 7) is 4.91. The second-order valence-electron chi connectivity index (χ2n) is 4.59. The highest BCUT2D eigenvalue weighted by atomic mass is 32.2. The molecular formula is C14H20N2OS. The molecule has 2 N–H and O–H groups in total. The molecule has 0 radical (unpaired) electrons. The first kappa shape index (κ1) is 13.3. The first-order chi connectivity index (χ1) is 8.72. The van der Waals surface area contributed by atoms with Crippen molar-refractivity contribution < 1.29 is 4.79 Å². The van der Waals surface area contributed by atoms with Crippen molar-refractivity contribution in [3.63, 3.8) is 0 Å². The van der Waals surface area contributed by atoms with Gasteiger partial charge in [-0.15, -0.1) is 0 Å². The van der Waals surface area contributed by atoms with Gasteiger partial charge in [0, 0.05) is 24.0 Å². The number of fused-ring (bicyclic) bond motifs is 1. The molecule has 1 aromatic carbocycles. The Morgan fingerprint density at radius 1 is 1.56 bits per heavy atom. The fourth-order valence-electron chi connectivity index (χ4n) is 2.20. The summed E-state index contributed by atoms with van der Waals surface area (Å²) < 4.78 is 0. The summed E-state index contributed by atoms with van der Waals surface area (Å²) >= 11 is 1.86. The van der Waals surface area contributed by atoms with Gasteiger partial charge >= 0.3 is 0 Å². The number of nitrogens with one attached hydrogen (secondary N) is 2. The monoisotopic (exact) mass is 264 g/mol. The summed E-state index contributed by atoms with van der Waals surface area (Å²) in [5, 5.41) is 6.38. The molecule has 0 aromatic heterocycles. The van der Waals surface area contributed by atoms with E-state index >= 15 is 0 Å². The Morgan fingerprint density at radius 3 is 3.11 bits per heavy atom. The van der Waals surface area contributed by atoms with Crippen LogP contribution in [0.3, 0.4) is 0 Å². The van der Waals surface area contributed by atoms with Gasteiger partial charge in [0.2, 0.25) is 5.91 Å². The van der Waals surface area contributed by atoms with E-state index in [9.17, 15) is 4.79 Å². The Kier molecular flexibility index (Phi) is 4.53. The van der Waals surface area contributed by atoms with Gasteiger partial charge in [-0.2, -0.15) is 11.8 Å². The molecule has 3 nitrogen and oxygen atoms in total. The number of thioether (sulfide) groups is 1. The molecule has 0 saturated heterocycles. The maximum atomic E-state index is 12.2. The van der Waals surface area contributed by atoms with Crippen molar-refractivity contribution in [1.29, 1.82) is 0 Å². The maximum Gasteiger partial charge on any atom is 0.229 e. The lowest BCUT2D eigenvalue weighted by Crippen LogP contribution is -2.38. The molecule has 0 aliphatic carbocycles. The van der Waals surface area contributed by atoms with Crippen molar-refractivity contribution in [3.8, 4) is 0 Å². The standard InChI is InChI=1S/C14H20N2OS/c1-3-18-9-10(2)16-14(17)12-8-15-13-7-5-4-6-11(12)13/h4-7,10,12,15H,3,8-9H2,1-2H3,(H,16,17). The van der Waals surface area contributed by atoms with Gasteiger partial charge in [0.1, 0.15) is 0 Å². The first-order valence-corrected chi connectivity index (χ1v) is 7.58. The van der Waals surface area contributed by atoms with Gasteiger partial charge in [0.25, 0.3) is 0 Å². The Morgan fingerprint density at radius 2 is 2.33 bits per heavy atom. The number of carbonyl (C=O) groups excluding carboxylic acids is 1. The zero-order chi connectivity index (χ0) is 13.0. The largest absolute Gasteiger partial charge is 0.384 e. The van der Waals surface area contributed by atoms with Crippen LogP contribution in [0.15, 0.2) is 24.3 Å². The highest BCUT2D eigenvalue weighted by molar-refractivity contribution is 7.99. The number of benzene rings is 1. The minimum absolute atomic E-state index is 0.0460. The van der Waals surface area contributed by atoms with Crippen LogP contribution in [0.1, 0.15) is 25.3 Å². The summed E-state index contributed by atoms with van der Waals surface area (Å²) in [6, 6.07) is 8.27. The van der Waals surface area contributed by atoms with Gasteiger partial charge in [0.05, 0.1) is 5.92 Å². The Balaban J connectivity index is 1.95. The molecule has 1 aliphatic heterocycles. The molecular weight excluding hydrogens is 244 g/mol. The number of rotatable bonds is 5. The molecule has 0 spiro atoms. The summed E-state index contributed by atoms with van der Waals surface area (Å²) in [7, 11) is 0. The molecule has 2 rings (SSSR count). The Labute approximate surface area is 113 Å². The lowest BCUT2D eigenvalue weighted by Gasteiger charge is -2.16. The van der Waals surface area contributed by atoms with Gasteiger partial charge in [0.15, 0.2) is 0 Å². The van der Waals surface area contributed by atoms with Crippen LogP contribution in [0, 0.1) is 0 Å². The van der Waals surface area contributed by atoms with E-state index in [0.717, 1.165) is 22.8 Å². The average Bonchev–Trinajstić information content (AvgIpc) is 2.80. The van der Waals surface area contributed by atoms with Crippen molar-refractivity contribution in [2.75, 3.05) is 23.4 Å². The molecule has 1 aliphatic rings. The van der Waals surface area contributed by atoms with E-state index in [1.165, 1.54) is 0 Å². The SMILES string of the molecule is CCSCC(C)NC(=O)C1CNc2ccccc21. The second kappa shape index (κ2) is 6.14. The third kappa shape index (κ3) is 2.99. The van der Waals surface area contributed by atoms with Crippen LogP contribution in [-0.4, -0.2) is 30.0 Å². The number of amides is 1. The zero-order valence-corrected chi connectivity index (χ0v) is 11.7. The number of anilines is 1. The Hall–Kier alpha value is -1.16. The Bertz CT molecular complexity index is 422. The molecule has 1 heterocycles. The lowest BCUT2D eigenvalue weighted by molar-refractivity contribution is -0.122. The second-order valence-corrected chi connectivity index (χ2v) is 5.91. The topological polar surface area (TPSA) is 41.1 Å². The van der Waals surface area contributed by atoms with Crippen LogP contribution < -0.4 is 10.6 Å². The molecule has 0 saturated carbocycles. The van der Waals surface area contributed by atoms with E-state index in [2.05, 4.69) is 24.5 Å². The lowest BCUT2D eigenvalue weighted by atomic mass is 10.0. The zero-order valence-electron chi connectivity index (χ0n) is 10.9. The summed E-state index contributed by atoms with van der Waals surface area (Å²) in [5.41, 5.74) is 2.21. The summed E-state index contributed by atoms with van der Waals surface area (Å²) in [5.74, 6) is 2.16. The molecule has 0 bridgehead atoms. The van der Waals surface area contributed by atoms with Crippen molar-refractivity contribution in [1.82, 2.24) is 5.32 Å². The molecule has 2 atom stereocenters.